The molecule has 0 atom stereocenters. The van der Waals surface area contributed by atoms with Crippen molar-refractivity contribution in [1.82, 2.24) is 9.80 Å². The Labute approximate surface area is 262 Å². The lowest BCUT2D eigenvalue weighted by Gasteiger charge is -2.37. The maximum atomic E-state index is 13.3. The molecule has 0 aliphatic heterocycles. The molecular formula is C37H72N2O3. The lowest BCUT2D eigenvalue weighted by Crippen LogP contribution is -2.43. The molecule has 0 saturated carbocycles. The summed E-state index contributed by atoms with van der Waals surface area (Å²) < 4.78 is 5.82. The third-order valence-electron chi connectivity index (χ3n) is 8.06. The van der Waals surface area contributed by atoms with Crippen molar-refractivity contribution in [3.05, 3.63) is 12.2 Å². The minimum absolute atomic E-state index is 0.0525. The van der Waals surface area contributed by atoms with Crippen molar-refractivity contribution in [3.63, 3.8) is 0 Å². The third kappa shape index (κ3) is 17.7. The highest BCUT2D eigenvalue weighted by Gasteiger charge is 2.34. The van der Waals surface area contributed by atoms with Gasteiger partial charge in [-0.2, -0.15) is 0 Å². The van der Waals surface area contributed by atoms with Gasteiger partial charge < -0.3 is 14.5 Å². The van der Waals surface area contributed by atoms with E-state index in [2.05, 4.69) is 95.2 Å². The predicted molar refractivity (Wildman–Crippen MR) is 182 cm³/mol. The van der Waals surface area contributed by atoms with E-state index in [1.54, 1.807) is 0 Å². The number of hydrogen-bond acceptors (Lipinski definition) is 3. The van der Waals surface area contributed by atoms with Crippen LogP contribution in [-0.2, 0) is 14.3 Å². The van der Waals surface area contributed by atoms with E-state index in [1.165, 1.54) is 0 Å². The Kier molecular flexibility index (Phi) is 15.6. The van der Waals surface area contributed by atoms with E-state index in [1.807, 2.05) is 37.7 Å². The lowest BCUT2D eigenvalue weighted by atomic mass is 9.76. The molecule has 0 aromatic heterocycles. The topological polar surface area (TPSA) is 49.9 Å². The highest BCUT2D eigenvalue weighted by Crippen LogP contribution is 2.36. The van der Waals surface area contributed by atoms with Crippen LogP contribution in [0.5, 0.6) is 0 Å². The van der Waals surface area contributed by atoms with Gasteiger partial charge in [-0.15, -0.1) is 0 Å². The Morgan fingerprint density at radius 1 is 0.619 bits per heavy atom. The van der Waals surface area contributed by atoms with Crippen LogP contribution in [0.25, 0.3) is 0 Å². The quantitative estimate of drug-likeness (QED) is 0.118. The van der Waals surface area contributed by atoms with E-state index in [0.717, 1.165) is 64.6 Å². The van der Waals surface area contributed by atoms with Crippen molar-refractivity contribution in [2.45, 2.75) is 142 Å². The van der Waals surface area contributed by atoms with E-state index >= 15 is 0 Å². The summed E-state index contributed by atoms with van der Waals surface area (Å²) in [5.41, 5.74) is -0.325. The number of nitrogens with zero attached hydrogens (tertiary/aromatic N) is 2. The van der Waals surface area contributed by atoms with Crippen LogP contribution < -0.4 is 0 Å². The zero-order valence-corrected chi connectivity index (χ0v) is 31.1. The fourth-order valence-corrected chi connectivity index (χ4v) is 5.64. The first-order valence-corrected chi connectivity index (χ1v) is 16.5. The summed E-state index contributed by atoms with van der Waals surface area (Å²) in [6.45, 7) is 33.5. The van der Waals surface area contributed by atoms with Gasteiger partial charge >= 0.3 is 0 Å². The molecule has 0 aliphatic carbocycles. The van der Waals surface area contributed by atoms with Crippen molar-refractivity contribution >= 4 is 11.8 Å². The number of rotatable bonds is 18. The van der Waals surface area contributed by atoms with Gasteiger partial charge in [0.25, 0.3) is 0 Å². The summed E-state index contributed by atoms with van der Waals surface area (Å²) in [6, 6.07) is 0. The number of amides is 2. The van der Waals surface area contributed by atoms with Crippen LogP contribution in [0, 0.1) is 32.5 Å². The van der Waals surface area contributed by atoms with Gasteiger partial charge in [0.1, 0.15) is 0 Å². The lowest BCUT2D eigenvalue weighted by molar-refractivity contribution is -0.141. The van der Waals surface area contributed by atoms with Gasteiger partial charge in [-0.25, -0.2) is 0 Å². The first-order chi connectivity index (χ1) is 18.7. The Morgan fingerprint density at radius 2 is 1.14 bits per heavy atom. The minimum atomic E-state index is -0.488. The standard InChI is InChI=1S/C37H72N2O3/c1-32(2,3)27-38(15)30(40)36(11,12)22-19-17-18-21-34(7,8)24-25-35(9,10)28-39(16)31(41)37(13,14)23-20-26-42-29-33(4,5)6/h19,22H,17-18,20-21,23-29H2,1-16H3/b22-19+. The molecule has 2 amide bonds. The molecule has 42 heavy (non-hydrogen) atoms. The Balaban J connectivity index is 4.70. The number of ether oxygens (including phenoxy) is 1. The maximum Gasteiger partial charge on any atom is 0.231 e. The summed E-state index contributed by atoms with van der Waals surface area (Å²) >= 11 is 0. The Bertz CT molecular complexity index is 853. The molecule has 0 N–H and O–H groups in total. The molecule has 0 rings (SSSR count). The molecule has 0 unspecified atom stereocenters. The Hall–Kier alpha value is -1.36. The third-order valence-corrected chi connectivity index (χ3v) is 8.06. The second kappa shape index (κ2) is 16.1. The summed E-state index contributed by atoms with van der Waals surface area (Å²) in [5, 5.41) is 0. The normalized spacial score (nSPS) is 14.0. The second-order valence-electron chi connectivity index (χ2n) is 18.3. The van der Waals surface area contributed by atoms with Crippen molar-refractivity contribution in [1.29, 1.82) is 0 Å². The molecule has 0 aromatic carbocycles. The van der Waals surface area contributed by atoms with E-state index in [9.17, 15) is 9.59 Å². The van der Waals surface area contributed by atoms with Crippen molar-refractivity contribution in [2.75, 3.05) is 40.4 Å². The zero-order chi connectivity index (χ0) is 33.2. The number of hydrogen-bond donors (Lipinski definition) is 0. The van der Waals surface area contributed by atoms with Crippen LogP contribution in [-0.4, -0.2) is 62.0 Å². The molecule has 0 bridgehead atoms. The summed E-state index contributed by atoms with van der Waals surface area (Å²) in [7, 11) is 3.87. The summed E-state index contributed by atoms with van der Waals surface area (Å²) in [4.78, 5) is 30.1. The van der Waals surface area contributed by atoms with Crippen LogP contribution in [0.2, 0.25) is 0 Å². The van der Waals surface area contributed by atoms with Crippen LogP contribution >= 0.6 is 0 Å². The van der Waals surface area contributed by atoms with Gasteiger partial charge in [-0.1, -0.05) is 95.2 Å². The van der Waals surface area contributed by atoms with E-state index in [4.69, 9.17) is 4.74 Å². The fourth-order valence-electron chi connectivity index (χ4n) is 5.64. The van der Waals surface area contributed by atoms with Crippen molar-refractivity contribution in [2.24, 2.45) is 32.5 Å². The monoisotopic (exact) mass is 593 g/mol. The molecule has 0 aromatic rings. The summed E-state index contributed by atoms with van der Waals surface area (Å²) in [6.07, 6.45) is 11.5. The van der Waals surface area contributed by atoms with E-state index in [-0.39, 0.29) is 38.9 Å². The van der Waals surface area contributed by atoms with Crippen LogP contribution in [0.1, 0.15) is 142 Å². The highest BCUT2D eigenvalue weighted by atomic mass is 16.5. The molecule has 0 fully saturated rings. The molecule has 0 aliphatic rings. The predicted octanol–water partition coefficient (Wildman–Crippen LogP) is 9.40. The molecule has 0 heterocycles. The number of carbonyl (C=O) groups excluding carboxylic acids is 2. The van der Waals surface area contributed by atoms with Crippen molar-refractivity contribution in [3.8, 4) is 0 Å². The first kappa shape index (κ1) is 40.6. The number of carbonyl (C=O) groups is 2. The summed E-state index contributed by atoms with van der Waals surface area (Å²) in [5.74, 6) is 0.400. The zero-order valence-electron chi connectivity index (χ0n) is 31.1. The number of allylic oxidation sites excluding steroid dienone is 1. The van der Waals surface area contributed by atoms with Gasteiger partial charge in [0.2, 0.25) is 11.8 Å². The average Bonchev–Trinajstić information content (AvgIpc) is 2.79. The van der Waals surface area contributed by atoms with Crippen molar-refractivity contribution < 1.29 is 14.3 Å². The molecular weight excluding hydrogens is 520 g/mol. The highest BCUT2D eigenvalue weighted by molar-refractivity contribution is 5.83. The first-order valence-electron chi connectivity index (χ1n) is 16.5. The molecule has 248 valence electrons. The van der Waals surface area contributed by atoms with Gasteiger partial charge in [0, 0.05) is 39.2 Å². The fraction of sp³-hybridized carbons (Fsp3) is 0.892. The van der Waals surface area contributed by atoms with Gasteiger partial charge in [-0.05, 0) is 80.5 Å². The van der Waals surface area contributed by atoms with Crippen LogP contribution in [0.15, 0.2) is 12.2 Å². The molecule has 0 radical (unpaired) electrons. The molecule has 0 spiro atoms. The van der Waals surface area contributed by atoms with E-state index < -0.39 is 5.41 Å². The van der Waals surface area contributed by atoms with Crippen LogP contribution in [0.4, 0.5) is 0 Å². The second-order valence-corrected chi connectivity index (χ2v) is 18.3. The minimum Gasteiger partial charge on any atom is -0.381 e. The maximum absolute atomic E-state index is 13.3. The molecule has 5 heteroatoms. The Morgan fingerprint density at radius 3 is 1.67 bits per heavy atom. The largest absolute Gasteiger partial charge is 0.381 e. The van der Waals surface area contributed by atoms with Gasteiger partial charge in [0.05, 0.1) is 12.0 Å². The van der Waals surface area contributed by atoms with Gasteiger partial charge in [0.15, 0.2) is 0 Å². The average molecular weight is 593 g/mol. The smallest absolute Gasteiger partial charge is 0.231 e. The molecule has 0 saturated heterocycles. The number of unbranched alkanes of at least 4 members (excludes halogenated alkanes) is 1. The van der Waals surface area contributed by atoms with Crippen LogP contribution in [0.3, 0.4) is 0 Å². The molecule has 5 nitrogen and oxygen atoms in total. The van der Waals surface area contributed by atoms with E-state index in [0.29, 0.717) is 6.61 Å². The SMILES string of the molecule is CN(CC(C)(C)C)C(=O)C(C)(C)/C=C/CCCC(C)(C)CCC(C)(C)CN(C)C(=O)C(C)(C)CCCOCC(C)(C)C. The van der Waals surface area contributed by atoms with Gasteiger partial charge in [-0.3, -0.25) is 9.59 Å².